The van der Waals surface area contributed by atoms with E-state index in [0.29, 0.717) is 17.0 Å². The predicted molar refractivity (Wildman–Crippen MR) is 133 cm³/mol. The number of hydrogen-bond donors (Lipinski definition) is 1. The molecule has 7 nitrogen and oxygen atoms in total. The molecule has 0 saturated carbocycles. The quantitative estimate of drug-likeness (QED) is 0.216. The summed E-state index contributed by atoms with van der Waals surface area (Å²) < 4.78 is 51.3. The number of carbonyl (C=O) groups is 1. The number of halogens is 3. The molecule has 0 bridgehead atoms. The van der Waals surface area contributed by atoms with E-state index in [2.05, 4.69) is 23.2 Å². The summed E-state index contributed by atoms with van der Waals surface area (Å²) in [4.78, 5) is 15.7. The van der Waals surface area contributed by atoms with Crippen LogP contribution in [0, 0.1) is 6.92 Å². The summed E-state index contributed by atoms with van der Waals surface area (Å²) in [6.07, 6.45) is 0.0438. The van der Waals surface area contributed by atoms with Gasteiger partial charge in [0, 0.05) is 12.6 Å². The number of alkyl halides is 3. The zero-order valence-corrected chi connectivity index (χ0v) is 20.6. The smallest absolute Gasteiger partial charge is 0.416 e. The molecule has 1 amide bonds. The minimum atomic E-state index is -4.50. The number of allylic oxidation sites excluding steroid dienone is 5. The molecule has 1 heterocycles. The number of methoxy groups -OCH3 is 1. The third kappa shape index (κ3) is 7.46. The summed E-state index contributed by atoms with van der Waals surface area (Å²) in [5, 5.41) is 4.23. The summed E-state index contributed by atoms with van der Waals surface area (Å²) in [5.74, 6) is 0.0761. The van der Waals surface area contributed by atoms with E-state index >= 15 is 0 Å². The fraction of sp³-hybridized carbons (Fsp3) is 0.269. The molecule has 1 aromatic carbocycles. The Morgan fingerprint density at radius 2 is 1.97 bits per heavy atom. The third-order valence-corrected chi connectivity index (χ3v) is 5.18. The number of amides is 1. The highest BCUT2D eigenvalue weighted by molar-refractivity contribution is 5.98. The summed E-state index contributed by atoms with van der Waals surface area (Å²) in [6, 6.07) is 5.43. The van der Waals surface area contributed by atoms with Crippen molar-refractivity contribution >= 4 is 17.5 Å². The van der Waals surface area contributed by atoms with E-state index in [0.717, 1.165) is 28.8 Å². The molecule has 0 aliphatic rings. The number of benzene rings is 1. The first-order chi connectivity index (χ1) is 16.9. The maximum Gasteiger partial charge on any atom is 0.416 e. The van der Waals surface area contributed by atoms with Crippen LogP contribution in [-0.4, -0.2) is 34.9 Å². The minimum Gasteiger partial charge on any atom is -0.492 e. The maximum absolute atomic E-state index is 12.9. The maximum atomic E-state index is 12.9. The van der Waals surface area contributed by atoms with E-state index in [1.165, 1.54) is 13.2 Å². The molecule has 0 saturated heterocycles. The first-order valence-corrected chi connectivity index (χ1v) is 10.8. The SMILES string of the molecule is C=C/C(=C\C=C(/C)OCc1c(C(=NC(=C)c2ccc(CC(N)=O)cc2C)OC)cnn1C)C(F)(F)F. The lowest BCUT2D eigenvalue weighted by atomic mass is 10.0. The lowest BCUT2D eigenvalue weighted by Gasteiger charge is -2.12. The highest BCUT2D eigenvalue weighted by Gasteiger charge is 2.30. The summed E-state index contributed by atoms with van der Waals surface area (Å²) >= 11 is 0. The molecular formula is C26H29F3N4O3. The van der Waals surface area contributed by atoms with Crippen LogP contribution in [0.25, 0.3) is 5.70 Å². The predicted octanol–water partition coefficient (Wildman–Crippen LogP) is 4.92. The van der Waals surface area contributed by atoms with Crippen molar-refractivity contribution in [3.8, 4) is 0 Å². The van der Waals surface area contributed by atoms with E-state index in [-0.39, 0.29) is 24.7 Å². The number of nitrogens with two attached hydrogens (primary N) is 1. The fourth-order valence-electron chi connectivity index (χ4n) is 3.29. The van der Waals surface area contributed by atoms with Crippen molar-refractivity contribution in [1.29, 1.82) is 0 Å². The zero-order valence-electron chi connectivity index (χ0n) is 20.6. The van der Waals surface area contributed by atoms with Crippen molar-refractivity contribution in [2.45, 2.75) is 33.1 Å². The monoisotopic (exact) mass is 502 g/mol. The average Bonchev–Trinajstić information content (AvgIpc) is 3.15. The van der Waals surface area contributed by atoms with Gasteiger partial charge in [-0.15, -0.1) is 0 Å². The highest BCUT2D eigenvalue weighted by atomic mass is 19.4. The molecule has 0 aliphatic heterocycles. The number of ether oxygens (including phenoxy) is 2. The number of carbonyl (C=O) groups excluding carboxylic acids is 1. The van der Waals surface area contributed by atoms with Crippen molar-refractivity contribution in [3.63, 3.8) is 0 Å². The molecule has 0 aliphatic carbocycles. The Hall–Kier alpha value is -4.08. The van der Waals surface area contributed by atoms with Crippen LogP contribution >= 0.6 is 0 Å². The summed E-state index contributed by atoms with van der Waals surface area (Å²) in [5.41, 5.74) is 8.34. The Bertz CT molecular complexity index is 1240. The number of primary amides is 1. The number of hydrogen-bond acceptors (Lipinski definition) is 5. The second-order valence-electron chi connectivity index (χ2n) is 7.88. The van der Waals surface area contributed by atoms with Gasteiger partial charge in [0.15, 0.2) is 0 Å². The van der Waals surface area contributed by atoms with E-state index in [1.54, 1.807) is 37.0 Å². The molecular weight excluding hydrogens is 473 g/mol. The number of aromatic nitrogens is 2. The van der Waals surface area contributed by atoms with Gasteiger partial charge in [-0.2, -0.15) is 18.3 Å². The highest BCUT2D eigenvalue weighted by Crippen LogP contribution is 2.26. The largest absolute Gasteiger partial charge is 0.492 e. The van der Waals surface area contributed by atoms with Crippen LogP contribution in [-0.2, 0) is 34.3 Å². The van der Waals surface area contributed by atoms with Crippen LogP contribution in [0.5, 0.6) is 0 Å². The molecule has 2 N–H and O–H groups in total. The fourth-order valence-corrected chi connectivity index (χ4v) is 3.29. The number of nitrogens with zero attached hydrogens (tertiary/aromatic N) is 3. The topological polar surface area (TPSA) is 91.7 Å². The van der Waals surface area contributed by atoms with Gasteiger partial charge in [-0.1, -0.05) is 37.4 Å². The lowest BCUT2D eigenvalue weighted by molar-refractivity contribution is -0.117. The molecule has 2 aromatic rings. The molecule has 0 unspecified atom stereocenters. The molecule has 192 valence electrons. The van der Waals surface area contributed by atoms with E-state index in [9.17, 15) is 18.0 Å². The van der Waals surface area contributed by atoms with Gasteiger partial charge >= 0.3 is 6.18 Å². The van der Waals surface area contributed by atoms with Gasteiger partial charge in [0.05, 0.1) is 48.0 Å². The van der Waals surface area contributed by atoms with Crippen LogP contribution < -0.4 is 5.73 Å². The molecule has 2 rings (SSSR count). The summed E-state index contributed by atoms with van der Waals surface area (Å²) in [6.45, 7) is 10.6. The Labute approximate surface area is 208 Å². The van der Waals surface area contributed by atoms with Gasteiger partial charge in [0.2, 0.25) is 11.8 Å². The van der Waals surface area contributed by atoms with E-state index < -0.39 is 17.7 Å². The van der Waals surface area contributed by atoms with Crippen LogP contribution in [0.2, 0.25) is 0 Å². The summed E-state index contributed by atoms with van der Waals surface area (Å²) in [7, 11) is 3.15. The van der Waals surface area contributed by atoms with Crippen molar-refractivity contribution < 1.29 is 27.4 Å². The third-order valence-electron chi connectivity index (χ3n) is 5.18. The Morgan fingerprint density at radius 1 is 1.28 bits per heavy atom. The average molecular weight is 503 g/mol. The molecule has 10 heteroatoms. The van der Waals surface area contributed by atoms with E-state index in [1.807, 2.05) is 13.0 Å². The first-order valence-electron chi connectivity index (χ1n) is 10.8. The standard InChI is InChI=1S/C26H29F3N4O3/c1-7-20(26(27,28)29)10-8-17(3)36-15-23-22(14-31-33(23)5)25(35-6)32-18(4)21-11-9-19(12-16(21)2)13-24(30)34/h7-12,14H,1,4,13,15H2,2-3,5-6H3,(H2,30,34)/b17-8+,20-10+,32-25?. The first kappa shape index (κ1) is 28.2. The van der Waals surface area contributed by atoms with Gasteiger partial charge < -0.3 is 15.2 Å². The lowest BCUT2D eigenvalue weighted by Crippen LogP contribution is -2.13. The van der Waals surface area contributed by atoms with Crippen molar-refractivity contribution in [2.24, 2.45) is 17.8 Å². The molecule has 0 atom stereocenters. The van der Waals surface area contributed by atoms with Gasteiger partial charge in [-0.05, 0) is 37.1 Å². The van der Waals surface area contributed by atoms with Crippen molar-refractivity contribution in [1.82, 2.24) is 9.78 Å². The van der Waals surface area contributed by atoms with Crippen LogP contribution in [0.15, 0.2) is 72.1 Å². The van der Waals surface area contributed by atoms with Gasteiger partial charge in [0.1, 0.15) is 6.61 Å². The zero-order chi connectivity index (χ0) is 27.0. The van der Waals surface area contributed by atoms with Crippen LogP contribution in [0.3, 0.4) is 0 Å². The van der Waals surface area contributed by atoms with Gasteiger partial charge in [-0.3, -0.25) is 9.48 Å². The second-order valence-corrected chi connectivity index (χ2v) is 7.88. The van der Waals surface area contributed by atoms with Crippen LogP contribution in [0.1, 0.15) is 34.9 Å². The molecule has 36 heavy (non-hydrogen) atoms. The number of aryl methyl sites for hydroxylation is 2. The Kier molecular flexibility index (Phi) is 9.43. The molecule has 1 aromatic heterocycles. The molecule has 0 spiro atoms. The molecule has 0 fully saturated rings. The van der Waals surface area contributed by atoms with Crippen LogP contribution in [0.4, 0.5) is 13.2 Å². The normalized spacial score (nSPS) is 12.9. The Morgan fingerprint density at radius 3 is 2.53 bits per heavy atom. The van der Waals surface area contributed by atoms with Crippen molar-refractivity contribution in [2.75, 3.05) is 7.11 Å². The second kappa shape index (κ2) is 12.1. The number of aliphatic imine (C=N–C) groups is 1. The number of rotatable bonds is 10. The van der Waals surface area contributed by atoms with Gasteiger partial charge in [-0.25, -0.2) is 4.99 Å². The van der Waals surface area contributed by atoms with Gasteiger partial charge in [0.25, 0.3) is 0 Å². The Balaban J connectivity index is 2.27. The van der Waals surface area contributed by atoms with E-state index in [4.69, 9.17) is 15.2 Å². The molecule has 0 radical (unpaired) electrons. The minimum absolute atomic E-state index is 0.00709. The van der Waals surface area contributed by atoms with Crippen molar-refractivity contribution in [3.05, 3.63) is 95.1 Å².